The average Bonchev–Trinajstić information content (AvgIpc) is 2.57. The second-order valence-corrected chi connectivity index (χ2v) is 4.62. The fourth-order valence-corrected chi connectivity index (χ4v) is 2.68. The van der Waals surface area contributed by atoms with E-state index >= 15 is 0 Å². The maximum Gasteiger partial charge on any atom is 0.316 e. The second-order valence-electron chi connectivity index (χ2n) is 4.62. The summed E-state index contributed by atoms with van der Waals surface area (Å²) in [6.45, 7) is 4.08. The average molecular weight is 218 g/mol. The van der Waals surface area contributed by atoms with Gasteiger partial charge in [0.2, 0.25) is 0 Å². The van der Waals surface area contributed by atoms with Gasteiger partial charge in [0.25, 0.3) is 0 Å². The van der Waals surface area contributed by atoms with Crippen LogP contribution < -0.4 is 0 Å². The molecule has 0 amide bonds. The summed E-state index contributed by atoms with van der Waals surface area (Å²) in [5.74, 6) is -0.0481. The number of hydrogen-bond acceptors (Lipinski definition) is 2. The molecule has 1 fully saturated rings. The van der Waals surface area contributed by atoms with Crippen molar-refractivity contribution in [1.82, 2.24) is 0 Å². The molecule has 1 saturated heterocycles. The van der Waals surface area contributed by atoms with E-state index in [4.69, 9.17) is 4.74 Å². The number of carbonyl (C=O) groups is 1. The van der Waals surface area contributed by atoms with E-state index in [1.54, 1.807) is 0 Å². The van der Waals surface area contributed by atoms with E-state index in [9.17, 15) is 4.79 Å². The van der Waals surface area contributed by atoms with Crippen molar-refractivity contribution in [3.63, 3.8) is 0 Å². The van der Waals surface area contributed by atoms with E-state index in [0.717, 1.165) is 24.8 Å². The van der Waals surface area contributed by atoms with Crippen LogP contribution >= 0.6 is 0 Å². The minimum absolute atomic E-state index is 0.0410. The van der Waals surface area contributed by atoms with Gasteiger partial charge in [-0.05, 0) is 18.9 Å². The van der Waals surface area contributed by atoms with Crippen LogP contribution in [-0.4, -0.2) is 12.1 Å². The van der Waals surface area contributed by atoms with Gasteiger partial charge in [-0.2, -0.15) is 0 Å². The topological polar surface area (TPSA) is 26.3 Å². The molecule has 2 rings (SSSR count). The molecule has 1 heterocycles. The van der Waals surface area contributed by atoms with Gasteiger partial charge < -0.3 is 4.74 Å². The number of rotatable bonds is 3. The van der Waals surface area contributed by atoms with Crippen molar-refractivity contribution in [3.05, 3.63) is 35.9 Å². The van der Waals surface area contributed by atoms with Gasteiger partial charge in [0.1, 0.15) is 6.10 Å². The van der Waals surface area contributed by atoms with Gasteiger partial charge >= 0.3 is 5.97 Å². The van der Waals surface area contributed by atoms with Crippen molar-refractivity contribution in [2.75, 3.05) is 0 Å². The molecule has 1 aliphatic heterocycles. The Morgan fingerprint density at radius 1 is 1.38 bits per heavy atom. The second kappa shape index (κ2) is 4.28. The number of esters is 1. The van der Waals surface area contributed by atoms with Crippen LogP contribution in [0, 0.1) is 0 Å². The van der Waals surface area contributed by atoms with Crippen molar-refractivity contribution in [1.29, 1.82) is 0 Å². The van der Waals surface area contributed by atoms with Crippen molar-refractivity contribution >= 4 is 5.97 Å². The summed E-state index contributed by atoms with van der Waals surface area (Å²) in [5.41, 5.74) is 0.710. The van der Waals surface area contributed by atoms with Crippen molar-refractivity contribution in [3.8, 4) is 0 Å². The first kappa shape index (κ1) is 11.2. The molecule has 0 radical (unpaired) electrons. The van der Waals surface area contributed by atoms with Crippen LogP contribution in [0.3, 0.4) is 0 Å². The first-order valence-electron chi connectivity index (χ1n) is 5.95. The quantitative estimate of drug-likeness (QED) is 0.729. The highest BCUT2D eigenvalue weighted by atomic mass is 16.6. The molecule has 2 heteroatoms. The lowest BCUT2D eigenvalue weighted by Crippen LogP contribution is -2.31. The molecule has 86 valence electrons. The molecule has 2 nitrogen and oxygen atoms in total. The predicted molar refractivity (Wildman–Crippen MR) is 63.2 cm³/mol. The summed E-state index contributed by atoms with van der Waals surface area (Å²) >= 11 is 0. The molecular formula is C14H18O2. The normalized spacial score (nSPS) is 29.1. The Morgan fingerprint density at radius 3 is 2.56 bits per heavy atom. The zero-order chi connectivity index (χ0) is 11.6. The summed E-state index contributed by atoms with van der Waals surface area (Å²) in [5, 5.41) is 0. The highest BCUT2D eigenvalue weighted by Crippen LogP contribution is 2.41. The summed E-state index contributed by atoms with van der Waals surface area (Å²) in [6.07, 6.45) is 2.72. The van der Waals surface area contributed by atoms with Crippen LogP contribution in [0.1, 0.15) is 38.7 Å². The highest BCUT2D eigenvalue weighted by molar-refractivity contribution is 5.85. The van der Waals surface area contributed by atoms with Gasteiger partial charge in [0.05, 0.1) is 5.41 Å². The van der Waals surface area contributed by atoms with Crippen LogP contribution in [-0.2, 0) is 14.9 Å². The Labute approximate surface area is 96.6 Å². The fraction of sp³-hybridized carbons (Fsp3) is 0.500. The molecule has 0 saturated carbocycles. The maximum absolute atomic E-state index is 12.1. The van der Waals surface area contributed by atoms with Gasteiger partial charge in [-0.25, -0.2) is 0 Å². The van der Waals surface area contributed by atoms with Crippen LogP contribution in [0.25, 0.3) is 0 Å². The first-order chi connectivity index (χ1) is 7.69. The van der Waals surface area contributed by atoms with E-state index in [1.807, 2.05) is 37.3 Å². The van der Waals surface area contributed by atoms with E-state index in [2.05, 4.69) is 6.92 Å². The Hall–Kier alpha value is -1.31. The third-order valence-electron chi connectivity index (χ3n) is 3.34. The molecule has 2 atom stereocenters. The molecule has 1 aromatic rings. The summed E-state index contributed by atoms with van der Waals surface area (Å²) in [6, 6.07) is 10.0. The molecule has 16 heavy (non-hydrogen) atoms. The Morgan fingerprint density at radius 2 is 2.06 bits per heavy atom. The zero-order valence-electron chi connectivity index (χ0n) is 9.90. The monoisotopic (exact) mass is 218 g/mol. The number of hydrogen-bond donors (Lipinski definition) is 0. The Bertz CT molecular complexity index is 372. The van der Waals surface area contributed by atoms with Gasteiger partial charge in [-0.15, -0.1) is 0 Å². The molecule has 0 unspecified atom stereocenters. The highest BCUT2D eigenvalue weighted by Gasteiger charge is 2.48. The van der Waals surface area contributed by atoms with Crippen molar-refractivity contribution in [2.45, 2.75) is 44.6 Å². The minimum Gasteiger partial charge on any atom is -0.462 e. The third-order valence-corrected chi connectivity index (χ3v) is 3.34. The predicted octanol–water partition coefficient (Wildman–Crippen LogP) is 3.06. The molecule has 0 bridgehead atoms. The molecule has 0 spiro atoms. The van der Waals surface area contributed by atoms with E-state index in [1.165, 1.54) is 0 Å². The van der Waals surface area contributed by atoms with Gasteiger partial charge in [0, 0.05) is 6.42 Å². The molecule has 1 aliphatic rings. The summed E-state index contributed by atoms with van der Waals surface area (Å²) in [4.78, 5) is 12.1. The molecule has 0 aliphatic carbocycles. The lowest BCUT2D eigenvalue weighted by Gasteiger charge is -2.24. The van der Waals surface area contributed by atoms with Gasteiger partial charge in [0.15, 0.2) is 0 Å². The summed E-state index contributed by atoms with van der Waals surface area (Å²) in [7, 11) is 0. The van der Waals surface area contributed by atoms with E-state index in [0.29, 0.717) is 0 Å². The Kier molecular flexibility index (Phi) is 2.99. The molecule has 1 aromatic carbocycles. The van der Waals surface area contributed by atoms with Gasteiger partial charge in [-0.1, -0.05) is 43.7 Å². The lowest BCUT2D eigenvalue weighted by atomic mass is 9.75. The largest absolute Gasteiger partial charge is 0.462 e. The molecular weight excluding hydrogens is 200 g/mol. The summed E-state index contributed by atoms with van der Waals surface area (Å²) < 4.78 is 5.35. The number of ether oxygens (including phenoxy) is 1. The Balaban J connectivity index is 2.40. The van der Waals surface area contributed by atoms with E-state index in [-0.39, 0.29) is 12.1 Å². The van der Waals surface area contributed by atoms with Crippen molar-refractivity contribution in [2.24, 2.45) is 0 Å². The SMILES string of the molecule is CCC[C@@]1(c2ccccc2)C[C@@H](C)OC1=O. The number of cyclic esters (lactones) is 1. The fourth-order valence-electron chi connectivity index (χ4n) is 2.68. The van der Waals surface area contributed by atoms with Crippen LogP contribution in [0.2, 0.25) is 0 Å². The van der Waals surface area contributed by atoms with Crippen LogP contribution in [0.4, 0.5) is 0 Å². The van der Waals surface area contributed by atoms with Crippen LogP contribution in [0.15, 0.2) is 30.3 Å². The maximum atomic E-state index is 12.1. The number of carbonyl (C=O) groups excluding carboxylic acids is 1. The van der Waals surface area contributed by atoms with Crippen LogP contribution in [0.5, 0.6) is 0 Å². The van der Waals surface area contributed by atoms with Crippen molar-refractivity contribution < 1.29 is 9.53 Å². The first-order valence-corrected chi connectivity index (χ1v) is 5.95. The smallest absolute Gasteiger partial charge is 0.316 e. The molecule has 0 aromatic heterocycles. The minimum atomic E-state index is -0.393. The van der Waals surface area contributed by atoms with E-state index < -0.39 is 5.41 Å². The lowest BCUT2D eigenvalue weighted by molar-refractivity contribution is -0.145. The zero-order valence-corrected chi connectivity index (χ0v) is 9.90. The number of benzene rings is 1. The standard InChI is InChI=1S/C14H18O2/c1-3-9-14(10-11(2)16-13(14)15)12-7-5-4-6-8-12/h4-8,11H,3,9-10H2,1-2H3/t11-,14+/m1/s1. The molecule has 0 N–H and O–H groups in total. The third kappa shape index (κ3) is 1.73. The van der Waals surface area contributed by atoms with Gasteiger partial charge in [-0.3, -0.25) is 4.79 Å².